The molecule has 0 unspecified atom stereocenters. The van der Waals surface area contributed by atoms with Crippen LogP contribution in [0, 0.1) is 0 Å². The first-order chi connectivity index (χ1) is 9.60. The van der Waals surface area contributed by atoms with E-state index >= 15 is 0 Å². The standard InChI is InChI=1S/C13H19F2N3O2.HI/c1-4-16-13(17-8-12(14)15)18-9-5-6-10(19-2)11(7-9)20-3;/h5-7,12H,4,8H2,1-3H3,(H2,16,17,18);1H. The number of hydrogen-bond acceptors (Lipinski definition) is 3. The van der Waals surface area contributed by atoms with Crippen LogP contribution in [0.15, 0.2) is 23.2 Å². The summed E-state index contributed by atoms with van der Waals surface area (Å²) < 4.78 is 34.7. The third-order valence-corrected chi connectivity index (χ3v) is 2.38. The molecule has 1 aromatic rings. The largest absolute Gasteiger partial charge is 0.493 e. The van der Waals surface area contributed by atoms with Crippen molar-refractivity contribution in [2.45, 2.75) is 13.3 Å². The highest BCUT2D eigenvalue weighted by Crippen LogP contribution is 2.29. The Morgan fingerprint density at radius 3 is 2.43 bits per heavy atom. The van der Waals surface area contributed by atoms with Crippen molar-refractivity contribution in [3.05, 3.63) is 18.2 Å². The normalized spacial score (nSPS) is 10.9. The molecule has 1 aromatic carbocycles. The molecule has 0 amide bonds. The number of alkyl halides is 2. The Labute approximate surface area is 140 Å². The fourth-order valence-electron chi connectivity index (χ4n) is 1.52. The third kappa shape index (κ3) is 6.78. The molecule has 120 valence electrons. The highest BCUT2D eigenvalue weighted by Gasteiger charge is 2.07. The number of hydrogen-bond donors (Lipinski definition) is 2. The van der Waals surface area contributed by atoms with Crippen molar-refractivity contribution in [3.8, 4) is 11.5 Å². The van der Waals surface area contributed by atoms with E-state index in [2.05, 4.69) is 15.6 Å². The van der Waals surface area contributed by atoms with Gasteiger partial charge in [0.2, 0.25) is 0 Å². The maximum absolute atomic E-state index is 12.2. The molecular formula is C13H20F2IN3O2. The number of nitrogens with one attached hydrogen (secondary N) is 2. The number of rotatable bonds is 6. The van der Waals surface area contributed by atoms with Gasteiger partial charge in [-0.05, 0) is 19.1 Å². The second-order valence-electron chi connectivity index (χ2n) is 3.81. The van der Waals surface area contributed by atoms with Gasteiger partial charge < -0.3 is 20.1 Å². The summed E-state index contributed by atoms with van der Waals surface area (Å²) in [5, 5.41) is 5.82. The van der Waals surface area contributed by atoms with Crippen LogP contribution in [0.4, 0.5) is 14.5 Å². The van der Waals surface area contributed by atoms with Gasteiger partial charge in [0, 0.05) is 18.3 Å². The summed E-state index contributed by atoms with van der Waals surface area (Å²) in [6.07, 6.45) is -2.48. The SMILES string of the molecule is CCNC(=NCC(F)F)Nc1ccc(OC)c(OC)c1.I. The minimum absolute atomic E-state index is 0. The molecule has 0 aliphatic heterocycles. The minimum Gasteiger partial charge on any atom is -0.493 e. The molecule has 0 spiro atoms. The van der Waals surface area contributed by atoms with Gasteiger partial charge in [0.1, 0.15) is 6.54 Å². The molecular weight excluding hydrogens is 395 g/mol. The maximum atomic E-state index is 12.2. The zero-order chi connectivity index (χ0) is 15.0. The number of guanidine groups is 1. The van der Waals surface area contributed by atoms with Crippen LogP contribution in [0.5, 0.6) is 11.5 Å². The van der Waals surface area contributed by atoms with Gasteiger partial charge in [-0.1, -0.05) is 0 Å². The third-order valence-electron chi connectivity index (χ3n) is 2.38. The monoisotopic (exact) mass is 415 g/mol. The Kier molecular flexibility index (Phi) is 9.76. The van der Waals surface area contributed by atoms with Gasteiger partial charge in [-0.3, -0.25) is 0 Å². The van der Waals surface area contributed by atoms with Crippen LogP contribution in [0.1, 0.15) is 6.92 Å². The molecule has 1 rings (SSSR count). The van der Waals surface area contributed by atoms with E-state index in [1.54, 1.807) is 25.3 Å². The summed E-state index contributed by atoms with van der Waals surface area (Å²) >= 11 is 0. The molecule has 0 bridgehead atoms. The quantitative estimate of drug-likeness (QED) is 0.426. The predicted molar refractivity (Wildman–Crippen MR) is 90.6 cm³/mol. The molecule has 0 atom stereocenters. The fourth-order valence-corrected chi connectivity index (χ4v) is 1.52. The van der Waals surface area contributed by atoms with E-state index in [0.717, 1.165) is 0 Å². The van der Waals surface area contributed by atoms with E-state index in [4.69, 9.17) is 9.47 Å². The van der Waals surface area contributed by atoms with Crippen molar-refractivity contribution in [3.63, 3.8) is 0 Å². The molecule has 2 N–H and O–H groups in total. The molecule has 0 heterocycles. The van der Waals surface area contributed by atoms with Crippen LogP contribution in [0.25, 0.3) is 0 Å². The first kappa shape index (κ1) is 19.7. The Balaban J connectivity index is 0.00000400. The second-order valence-corrected chi connectivity index (χ2v) is 3.81. The Morgan fingerprint density at radius 1 is 1.24 bits per heavy atom. The number of benzene rings is 1. The number of methoxy groups -OCH3 is 2. The van der Waals surface area contributed by atoms with Crippen LogP contribution >= 0.6 is 24.0 Å². The summed E-state index contributed by atoms with van der Waals surface area (Å²) in [4.78, 5) is 3.78. The molecule has 0 saturated heterocycles. The van der Waals surface area contributed by atoms with E-state index in [1.807, 2.05) is 6.92 Å². The van der Waals surface area contributed by atoms with Gasteiger partial charge in [-0.25, -0.2) is 13.8 Å². The van der Waals surface area contributed by atoms with Gasteiger partial charge >= 0.3 is 0 Å². The van der Waals surface area contributed by atoms with Crippen LogP contribution in [-0.4, -0.2) is 39.7 Å². The van der Waals surface area contributed by atoms with Gasteiger partial charge in [-0.15, -0.1) is 24.0 Å². The fraction of sp³-hybridized carbons (Fsp3) is 0.462. The molecule has 0 radical (unpaired) electrons. The van der Waals surface area contributed by atoms with Crippen molar-refractivity contribution in [2.24, 2.45) is 4.99 Å². The van der Waals surface area contributed by atoms with Crippen LogP contribution in [0.2, 0.25) is 0 Å². The van der Waals surface area contributed by atoms with Crippen molar-refractivity contribution < 1.29 is 18.3 Å². The molecule has 0 fully saturated rings. The van der Waals surface area contributed by atoms with Gasteiger partial charge in [0.15, 0.2) is 17.5 Å². The van der Waals surface area contributed by atoms with Gasteiger partial charge in [0.05, 0.1) is 14.2 Å². The van der Waals surface area contributed by atoms with Crippen LogP contribution in [0.3, 0.4) is 0 Å². The Hall–Kier alpha value is -1.32. The number of halogens is 3. The number of anilines is 1. The summed E-state index contributed by atoms with van der Waals surface area (Å²) in [7, 11) is 3.07. The average Bonchev–Trinajstić information content (AvgIpc) is 2.44. The van der Waals surface area contributed by atoms with Gasteiger partial charge in [0.25, 0.3) is 6.43 Å². The van der Waals surface area contributed by atoms with E-state index in [9.17, 15) is 8.78 Å². The maximum Gasteiger partial charge on any atom is 0.257 e. The van der Waals surface area contributed by atoms with E-state index < -0.39 is 13.0 Å². The molecule has 21 heavy (non-hydrogen) atoms. The van der Waals surface area contributed by atoms with Crippen molar-refractivity contribution in [1.29, 1.82) is 0 Å². The van der Waals surface area contributed by atoms with E-state index in [-0.39, 0.29) is 24.0 Å². The van der Waals surface area contributed by atoms with Crippen molar-refractivity contribution in [2.75, 3.05) is 32.6 Å². The minimum atomic E-state index is -2.48. The predicted octanol–water partition coefficient (Wildman–Crippen LogP) is 2.96. The zero-order valence-electron chi connectivity index (χ0n) is 12.2. The Morgan fingerprint density at radius 2 is 1.90 bits per heavy atom. The molecule has 0 aromatic heterocycles. The Bertz CT molecular complexity index is 459. The lowest BCUT2D eigenvalue weighted by molar-refractivity contribution is 0.158. The first-order valence-corrected chi connectivity index (χ1v) is 6.16. The highest BCUT2D eigenvalue weighted by atomic mass is 127. The molecule has 8 heteroatoms. The number of aliphatic imine (C=N–C) groups is 1. The van der Waals surface area contributed by atoms with Crippen LogP contribution < -0.4 is 20.1 Å². The lowest BCUT2D eigenvalue weighted by Gasteiger charge is -2.13. The molecule has 5 nitrogen and oxygen atoms in total. The molecule has 0 aliphatic rings. The average molecular weight is 415 g/mol. The summed E-state index contributed by atoms with van der Waals surface area (Å²) in [6.45, 7) is 1.87. The van der Waals surface area contributed by atoms with E-state index in [0.29, 0.717) is 29.7 Å². The van der Waals surface area contributed by atoms with Crippen molar-refractivity contribution in [1.82, 2.24) is 5.32 Å². The smallest absolute Gasteiger partial charge is 0.257 e. The topological polar surface area (TPSA) is 54.9 Å². The number of ether oxygens (including phenoxy) is 2. The van der Waals surface area contributed by atoms with Crippen molar-refractivity contribution >= 4 is 35.6 Å². The van der Waals surface area contributed by atoms with E-state index in [1.165, 1.54) is 7.11 Å². The summed E-state index contributed by atoms with van der Waals surface area (Å²) in [5.41, 5.74) is 0.664. The lowest BCUT2D eigenvalue weighted by Crippen LogP contribution is -2.31. The van der Waals surface area contributed by atoms with Gasteiger partial charge in [-0.2, -0.15) is 0 Å². The lowest BCUT2D eigenvalue weighted by atomic mass is 10.3. The summed E-state index contributed by atoms with van der Waals surface area (Å²) in [6, 6.07) is 5.17. The number of nitrogens with zero attached hydrogens (tertiary/aromatic N) is 1. The molecule has 0 saturated carbocycles. The van der Waals surface area contributed by atoms with Crippen LogP contribution in [-0.2, 0) is 0 Å². The highest BCUT2D eigenvalue weighted by molar-refractivity contribution is 14.0. The first-order valence-electron chi connectivity index (χ1n) is 6.16. The molecule has 0 aliphatic carbocycles. The zero-order valence-corrected chi connectivity index (χ0v) is 14.5. The second kappa shape index (κ2) is 10.4. The summed E-state index contributed by atoms with van der Waals surface area (Å²) in [5.74, 6) is 1.43.